The number of nitrogens with zero attached hydrogens (tertiary/aromatic N) is 2. The van der Waals surface area contributed by atoms with Crippen molar-refractivity contribution in [3.05, 3.63) is 62.7 Å². The van der Waals surface area contributed by atoms with E-state index in [0.717, 1.165) is 44.1 Å². The molecule has 3 rings (SSSR count). The van der Waals surface area contributed by atoms with Crippen molar-refractivity contribution < 1.29 is 14.5 Å². The van der Waals surface area contributed by atoms with Gasteiger partial charge in [0.15, 0.2) is 0 Å². The minimum atomic E-state index is -0.635. The van der Waals surface area contributed by atoms with Gasteiger partial charge in [0.2, 0.25) is 0 Å². The third-order valence-electron chi connectivity index (χ3n) is 5.59. The molecule has 8 nitrogen and oxygen atoms in total. The smallest absolute Gasteiger partial charge is 0.288 e. The van der Waals surface area contributed by atoms with Crippen LogP contribution in [0.2, 0.25) is 5.02 Å². The van der Waals surface area contributed by atoms with Crippen LogP contribution >= 0.6 is 11.6 Å². The van der Waals surface area contributed by atoms with Gasteiger partial charge in [0, 0.05) is 42.1 Å². The lowest BCUT2D eigenvalue weighted by Gasteiger charge is -2.31. The number of carbonyl (C=O) groups excluding carboxylic acids is 2. The number of anilines is 2. The van der Waals surface area contributed by atoms with Gasteiger partial charge in [-0.2, -0.15) is 0 Å². The summed E-state index contributed by atoms with van der Waals surface area (Å²) >= 11 is 5.83. The lowest BCUT2D eigenvalue weighted by molar-refractivity contribution is -0.384. The standard InChI is InChI=1S/C23H27ClN4O4/c1-3-15(2)25-23(30)18-14-17(8-10-20(18)27-11-5-4-6-12-27)26-22(29)16-7-9-19(24)21(13-16)28(31)32/h7-10,13-15H,3-6,11-12H2,1-2H3,(H,25,30)(H,26,29). The molecule has 0 aliphatic carbocycles. The Kier molecular flexibility index (Phi) is 7.69. The highest BCUT2D eigenvalue weighted by Gasteiger charge is 2.21. The fraction of sp³-hybridized carbons (Fsp3) is 0.391. The van der Waals surface area contributed by atoms with Gasteiger partial charge in [-0.25, -0.2) is 0 Å². The minimum absolute atomic E-state index is 0.0181. The van der Waals surface area contributed by atoms with Gasteiger partial charge in [-0.05, 0) is 62.9 Å². The van der Waals surface area contributed by atoms with Gasteiger partial charge < -0.3 is 15.5 Å². The van der Waals surface area contributed by atoms with E-state index in [2.05, 4.69) is 15.5 Å². The van der Waals surface area contributed by atoms with Gasteiger partial charge in [-0.3, -0.25) is 19.7 Å². The molecule has 2 aromatic carbocycles. The van der Waals surface area contributed by atoms with Crippen molar-refractivity contribution in [2.75, 3.05) is 23.3 Å². The normalized spacial score (nSPS) is 14.5. The Morgan fingerprint density at radius 1 is 1.12 bits per heavy atom. The van der Waals surface area contributed by atoms with Crippen LogP contribution in [0.15, 0.2) is 36.4 Å². The van der Waals surface area contributed by atoms with Crippen LogP contribution in [0.4, 0.5) is 17.1 Å². The van der Waals surface area contributed by atoms with Crippen molar-refractivity contribution in [3.63, 3.8) is 0 Å². The van der Waals surface area contributed by atoms with Crippen molar-refractivity contribution in [1.29, 1.82) is 0 Å². The predicted octanol–water partition coefficient (Wildman–Crippen LogP) is 5.02. The molecule has 1 fully saturated rings. The summed E-state index contributed by atoms with van der Waals surface area (Å²) in [7, 11) is 0. The maximum atomic E-state index is 13.0. The first-order chi connectivity index (χ1) is 15.3. The van der Waals surface area contributed by atoms with Crippen LogP contribution in [0.1, 0.15) is 60.2 Å². The van der Waals surface area contributed by atoms with E-state index in [1.54, 1.807) is 12.1 Å². The number of hydrogen-bond donors (Lipinski definition) is 2. The number of carbonyl (C=O) groups is 2. The highest BCUT2D eigenvalue weighted by atomic mass is 35.5. The van der Waals surface area contributed by atoms with E-state index < -0.39 is 10.8 Å². The van der Waals surface area contributed by atoms with Crippen LogP contribution in [0.3, 0.4) is 0 Å². The van der Waals surface area contributed by atoms with Crippen molar-refractivity contribution >= 4 is 40.5 Å². The molecule has 0 spiro atoms. The summed E-state index contributed by atoms with van der Waals surface area (Å²) in [5.41, 5.74) is 1.53. The largest absolute Gasteiger partial charge is 0.371 e. The number of halogens is 1. The van der Waals surface area contributed by atoms with Crippen LogP contribution in [-0.2, 0) is 0 Å². The van der Waals surface area contributed by atoms with E-state index in [4.69, 9.17) is 11.6 Å². The van der Waals surface area contributed by atoms with Crippen LogP contribution in [-0.4, -0.2) is 35.9 Å². The Hall–Kier alpha value is -3.13. The van der Waals surface area contributed by atoms with Crippen LogP contribution in [0.5, 0.6) is 0 Å². The Labute approximate surface area is 192 Å². The van der Waals surface area contributed by atoms with Crippen LogP contribution < -0.4 is 15.5 Å². The van der Waals surface area contributed by atoms with E-state index in [9.17, 15) is 19.7 Å². The Bertz CT molecular complexity index is 1020. The Morgan fingerprint density at radius 3 is 2.50 bits per heavy atom. The number of nitro benzene ring substituents is 1. The molecule has 2 amide bonds. The van der Waals surface area contributed by atoms with Gasteiger partial charge >= 0.3 is 0 Å². The number of nitro groups is 1. The van der Waals surface area contributed by atoms with E-state index in [0.29, 0.717) is 11.3 Å². The molecule has 0 saturated carbocycles. The fourth-order valence-electron chi connectivity index (χ4n) is 3.61. The lowest BCUT2D eigenvalue weighted by atomic mass is 10.0. The van der Waals surface area contributed by atoms with Gasteiger partial charge in [0.05, 0.1) is 10.5 Å². The molecule has 9 heteroatoms. The second-order valence-electron chi connectivity index (χ2n) is 7.94. The maximum absolute atomic E-state index is 13.0. The molecule has 0 aromatic heterocycles. The number of hydrogen-bond acceptors (Lipinski definition) is 5. The maximum Gasteiger partial charge on any atom is 0.288 e. The quantitative estimate of drug-likeness (QED) is 0.447. The molecular formula is C23H27ClN4O4. The summed E-state index contributed by atoms with van der Waals surface area (Å²) in [6.45, 7) is 5.70. The number of benzene rings is 2. The molecule has 1 aliphatic heterocycles. The highest BCUT2D eigenvalue weighted by molar-refractivity contribution is 6.32. The van der Waals surface area contributed by atoms with Gasteiger partial charge in [0.25, 0.3) is 17.5 Å². The van der Waals surface area contributed by atoms with Gasteiger partial charge in [-0.1, -0.05) is 18.5 Å². The van der Waals surface area contributed by atoms with Crippen molar-refractivity contribution in [1.82, 2.24) is 5.32 Å². The zero-order valence-electron chi connectivity index (χ0n) is 18.2. The number of nitrogens with one attached hydrogen (secondary N) is 2. The van der Waals surface area contributed by atoms with Crippen LogP contribution in [0, 0.1) is 10.1 Å². The minimum Gasteiger partial charge on any atom is -0.371 e. The zero-order chi connectivity index (χ0) is 23.3. The molecule has 1 saturated heterocycles. The third-order valence-corrected chi connectivity index (χ3v) is 5.91. The second-order valence-corrected chi connectivity index (χ2v) is 8.35. The van der Waals surface area contributed by atoms with E-state index in [-0.39, 0.29) is 28.2 Å². The second kappa shape index (κ2) is 10.5. The summed E-state index contributed by atoms with van der Waals surface area (Å²) in [4.78, 5) is 38.4. The average Bonchev–Trinajstić information content (AvgIpc) is 2.79. The third kappa shape index (κ3) is 5.56. The summed E-state index contributed by atoms with van der Waals surface area (Å²) in [5, 5.41) is 16.8. The molecular weight excluding hydrogens is 432 g/mol. The van der Waals surface area contributed by atoms with Crippen LogP contribution in [0.25, 0.3) is 0 Å². The zero-order valence-corrected chi connectivity index (χ0v) is 18.9. The highest BCUT2D eigenvalue weighted by Crippen LogP contribution is 2.29. The predicted molar refractivity (Wildman–Crippen MR) is 126 cm³/mol. The molecule has 1 aliphatic rings. The van der Waals surface area contributed by atoms with E-state index in [1.165, 1.54) is 18.6 Å². The van der Waals surface area contributed by atoms with Crippen molar-refractivity contribution in [3.8, 4) is 0 Å². The molecule has 1 atom stereocenters. The average molecular weight is 459 g/mol. The van der Waals surface area contributed by atoms with E-state index in [1.807, 2.05) is 19.9 Å². The van der Waals surface area contributed by atoms with Gasteiger partial charge in [-0.15, -0.1) is 0 Å². The molecule has 0 bridgehead atoms. The Balaban J connectivity index is 1.89. The molecule has 1 heterocycles. The first-order valence-corrected chi connectivity index (χ1v) is 11.1. The van der Waals surface area contributed by atoms with E-state index >= 15 is 0 Å². The number of rotatable bonds is 7. The number of amides is 2. The molecule has 2 aromatic rings. The summed E-state index contributed by atoms with van der Waals surface area (Å²) < 4.78 is 0. The van der Waals surface area contributed by atoms with Gasteiger partial charge in [0.1, 0.15) is 5.02 Å². The molecule has 2 N–H and O–H groups in total. The lowest BCUT2D eigenvalue weighted by Crippen LogP contribution is -2.35. The topological polar surface area (TPSA) is 105 Å². The summed E-state index contributed by atoms with van der Waals surface area (Å²) in [5.74, 6) is -0.720. The molecule has 32 heavy (non-hydrogen) atoms. The fourth-order valence-corrected chi connectivity index (χ4v) is 3.79. The SMILES string of the molecule is CCC(C)NC(=O)c1cc(NC(=O)c2ccc(Cl)c([N+](=O)[O-])c2)ccc1N1CCCCC1. The molecule has 170 valence electrons. The first-order valence-electron chi connectivity index (χ1n) is 10.7. The molecule has 1 unspecified atom stereocenters. The monoisotopic (exact) mass is 458 g/mol. The number of piperidine rings is 1. The summed E-state index contributed by atoms with van der Waals surface area (Å²) in [6.07, 6.45) is 4.11. The Morgan fingerprint density at radius 2 is 1.84 bits per heavy atom. The molecule has 0 radical (unpaired) electrons. The summed E-state index contributed by atoms with van der Waals surface area (Å²) in [6, 6.07) is 9.13. The van der Waals surface area contributed by atoms with Crippen molar-refractivity contribution in [2.45, 2.75) is 45.6 Å². The first kappa shape index (κ1) is 23.5. The van der Waals surface area contributed by atoms with Crippen molar-refractivity contribution in [2.24, 2.45) is 0 Å².